The molecule has 0 aliphatic carbocycles. The van der Waals surface area contributed by atoms with Gasteiger partial charge in [0.2, 0.25) is 15.9 Å². The fourth-order valence-electron chi connectivity index (χ4n) is 1.47. The highest BCUT2D eigenvalue weighted by atomic mass is 32.2. The molecule has 6 nitrogen and oxygen atoms in total. The van der Waals surface area contributed by atoms with E-state index in [4.69, 9.17) is 5.73 Å². The maximum atomic E-state index is 13.7. The zero-order valence-corrected chi connectivity index (χ0v) is 12.4. The number of halogens is 1. The van der Waals surface area contributed by atoms with Crippen molar-refractivity contribution in [3.05, 3.63) is 23.5 Å². The van der Waals surface area contributed by atoms with Crippen LogP contribution in [0.5, 0.6) is 0 Å². The largest absolute Gasteiger partial charge is 0.398 e. The molecule has 1 rings (SSSR count). The van der Waals surface area contributed by atoms with Gasteiger partial charge in [0.1, 0.15) is 10.7 Å². The number of hydrogen-bond acceptors (Lipinski definition) is 4. The van der Waals surface area contributed by atoms with Crippen LogP contribution >= 0.6 is 0 Å². The number of aryl methyl sites for hydroxylation is 1. The molecular weight excluding hydrogens is 285 g/mol. The summed E-state index contributed by atoms with van der Waals surface area (Å²) in [6.07, 6.45) is -0.00477. The second-order valence-corrected chi connectivity index (χ2v) is 6.31. The molecule has 3 N–H and O–H groups in total. The number of hydrogen-bond donors (Lipinski definition) is 2. The molecule has 0 saturated heterocycles. The molecule has 0 spiro atoms. The molecular formula is C12H18FN3O3S. The van der Waals surface area contributed by atoms with Crippen LogP contribution in [0.25, 0.3) is 0 Å². The van der Waals surface area contributed by atoms with Crippen LogP contribution < -0.4 is 10.5 Å². The Labute approximate surface area is 117 Å². The first kappa shape index (κ1) is 16.4. The second kappa shape index (κ2) is 6.19. The summed E-state index contributed by atoms with van der Waals surface area (Å²) in [6, 6.07) is 2.13. The molecule has 0 aliphatic heterocycles. The van der Waals surface area contributed by atoms with Crippen LogP contribution in [0.15, 0.2) is 17.0 Å². The van der Waals surface area contributed by atoms with Crippen LogP contribution in [0.1, 0.15) is 12.0 Å². The summed E-state index contributed by atoms with van der Waals surface area (Å²) in [5, 5.41) is 0. The van der Waals surface area contributed by atoms with Crippen LogP contribution in [-0.2, 0) is 14.8 Å². The normalized spacial score (nSPS) is 11.4. The maximum absolute atomic E-state index is 13.7. The molecule has 1 amide bonds. The number of nitrogens with one attached hydrogen (secondary N) is 1. The lowest BCUT2D eigenvalue weighted by molar-refractivity contribution is -0.128. The van der Waals surface area contributed by atoms with E-state index in [-0.39, 0.29) is 24.6 Å². The SMILES string of the molecule is Cc1cc(F)c(S(=O)(=O)NCCC(=O)N(C)C)cc1N. The van der Waals surface area contributed by atoms with Gasteiger partial charge in [0.15, 0.2) is 0 Å². The molecule has 112 valence electrons. The molecule has 0 bridgehead atoms. The summed E-state index contributed by atoms with van der Waals surface area (Å²) in [7, 11) is -0.894. The minimum absolute atomic E-state index is 0.00477. The first-order valence-electron chi connectivity index (χ1n) is 5.90. The summed E-state index contributed by atoms with van der Waals surface area (Å²) in [4.78, 5) is 12.2. The number of amides is 1. The minimum Gasteiger partial charge on any atom is -0.398 e. The van der Waals surface area contributed by atoms with Crippen LogP contribution in [-0.4, -0.2) is 39.9 Å². The van der Waals surface area contributed by atoms with Crippen molar-refractivity contribution in [3.63, 3.8) is 0 Å². The molecule has 0 unspecified atom stereocenters. The van der Waals surface area contributed by atoms with E-state index in [9.17, 15) is 17.6 Å². The van der Waals surface area contributed by atoms with Gasteiger partial charge in [0.05, 0.1) is 0 Å². The van der Waals surface area contributed by atoms with Crippen molar-refractivity contribution in [2.24, 2.45) is 0 Å². The molecule has 0 heterocycles. The molecule has 0 fully saturated rings. The van der Waals surface area contributed by atoms with E-state index in [1.807, 2.05) is 0 Å². The highest BCUT2D eigenvalue weighted by Gasteiger charge is 2.20. The molecule has 0 atom stereocenters. The van der Waals surface area contributed by atoms with Crippen molar-refractivity contribution >= 4 is 21.6 Å². The van der Waals surface area contributed by atoms with Crippen molar-refractivity contribution in [2.45, 2.75) is 18.2 Å². The Morgan fingerprint density at radius 2 is 2.00 bits per heavy atom. The summed E-state index contributed by atoms with van der Waals surface area (Å²) >= 11 is 0. The van der Waals surface area contributed by atoms with Crippen molar-refractivity contribution in [1.82, 2.24) is 9.62 Å². The van der Waals surface area contributed by atoms with Gasteiger partial charge < -0.3 is 10.6 Å². The molecule has 0 radical (unpaired) electrons. The summed E-state index contributed by atoms with van der Waals surface area (Å²) in [6.45, 7) is 1.48. The third kappa shape index (κ3) is 3.91. The predicted octanol–water partition coefficient (Wildman–Crippen LogP) is 0.473. The lowest BCUT2D eigenvalue weighted by atomic mass is 10.2. The average Bonchev–Trinajstić information content (AvgIpc) is 2.33. The fraction of sp³-hybridized carbons (Fsp3) is 0.417. The number of rotatable bonds is 5. The molecule has 0 aromatic heterocycles. The Morgan fingerprint density at radius 1 is 1.40 bits per heavy atom. The molecule has 1 aromatic carbocycles. The average molecular weight is 303 g/mol. The van der Waals surface area contributed by atoms with E-state index >= 15 is 0 Å². The lowest BCUT2D eigenvalue weighted by Gasteiger charge is -2.12. The Hall–Kier alpha value is -1.67. The number of nitrogens with zero attached hydrogens (tertiary/aromatic N) is 1. The van der Waals surface area contributed by atoms with Gasteiger partial charge in [-0.15, -0.1) is 0 Å². The van der Waals surface area contributed by atoms with E-state index in [0.29, 0.717) is 5.56 Å². The van der Waals surface area contributed by atoms with Crippen molar-refractivity contribution < 1.29 is 17.6 Å². The number of sulfonamides is 1. The molecule has 1 aromatic rings. The van der Waals surface area contributed by atoms with E-state index in [1.165, 1.54) is 4.90 Å². The Kier molecular flexibility index (Phi) is 5.07. The monoisotopic (exact) mass is 303 g/mol. The third-order valence-electron chi connectivity index (χ3n) is 2.74. The van der Waals surface area contributed by atoms with Gasteiger partial charge in [-0.1, -0.05) is 0 Å². The lowest BCUT2D eigenvalue weighted by Crippen LogP contribution is -2.30. The van der Waals surface area contributed by atoms with Gasteiger partial charge in [-0.3, -0.25) is 4.79 Å². The van der Waals surface area contributed by atoms with Crippen LogP contribution in [0.2, 0.25) is 0 Å². The zero-order chi connectivity index (χ0) is 15.5. The standard InChI is InChI=1S/C12H18FN3O3S/c1-8-6-9(13)11(7-10(8)14)20(18,19)15-5-4-12(17)16(2)3/h6-7,15H,4-5,14H2,1-3H3. The molecule has 20 heavy (non-hydrogen) atoms. The zero-order valence-electron chi connectivity index (χ0n) is 11.6. The van der Waals surface area contributed by atoms with Gasteiger partial charge in [-0.05, 0) is 24.6 Å². The van der Waals surface area contributed by atoms with Gasteiger partial charge >= 0.3 is 0 Å². The molecule has 0 aliphatic rings. The predicted molar refractivity (Wildman–Crippen MR) is 74.0 cm³/mol. The highest BCUT2D eigenvalue weighted by Crippen LogP contribution is 2.21. The topological polar surface area (TPSA) is 92.5 Å². The number of nitrogens with two attached hydrogens (primary N) is 1. The molecule has 8 heteroatoms. The number of nitrogen functional groups attached to an aromatic ring is 1. The van der Waals surface area contributed by atoms with Crippen molar-refractivity contribution in [1.29, 1.82) is 0 Å². The minimum atomic E-state index is -4.03. The van der Waals surface area contributed by atoms with Gasteiger partial charge in [0, 0.05) is 32.7 Å². The van der Waals surface area contributed by atoms with E-state index in [0.717, 1.165) is 12.1 Å². The van der Waals surface area contributed by atoms with Crippen LogP contribution in [0, 0.1) is 12.7 Å². The van der Waals surface area contributed by atoms with E-state index in [2.05, 4.69) is 4.72 Å². The molecule has 0 saturated carbocycles. The quantitative estimate of drug-likeness (QED) is 0.774. The van der Waals surface area contributed by atoms with E-state index < -0.39 is 20.7 Å². The first-order chi connectivity index (χ1) is 9.15. The first-order valence-corrected chi connectivity index (χ1v) is 7.39. The maximum Gasteiger partial charge on any atom is 0.243 e. The number of benzene rings is 1. The highest BCUT2D eigenvalue weighted by molar-refractivity contribution is 7.89. The number of anilines is 1. The summed E-state index contributed by atoms with van der Waals surface area (Å²) in [5.74, 6) is -1.10. The second-order valence-electron chi connectivity index (χ2n) is 4.58. The van der Waals surface area contributed by atoms with E-state index in [1.54, 1.807) is 21.0 Å². The van der Waals surface area contributed by atoms with Crippen LogP contribution in [0.4, 0.5) is 10.1 Å². The Bertz CT molecular complexity index is 615. The third-order valence-corrected chi connectivity index (χ3v) is 4.22. The van der Waals surface area contributed by atoms with Crippen LogP contribution in [0.3, 0.4) is 0 Å². The van der Waals surface area contributed by atoms with Gasteiger partial charge in [0.25, 0.3) is 0 Å². The Balaban J connectivity index is 2.85. The summed E-state index contributed by atoms with van der Waals surface area (Å²) in [5.41, 5.74) is 6.24. The summed E-state index contributed by atoms with van der Waals surface area (Å²) < 4.78 is 39.7. The van der Waals surface area contributed by atoms with Crippen molar-refractivity contribution in [3.8, 4) is 0 Å². The number of carbonyl (C=O) groups excluding carboxylic acids is 1. The van der Waals surface area contributed by atoms with Gasteiger partial charge in [-0.2, -0.15) is 0 Å². The Morgan fingerprint density at radius 3 is 2.55 bits per heavy atom. The fourth-order valence-corrected chi connectivity index (χ4v) is 2.59. The smallest absolute Gasteiger partial charge is 0.243 e. The van der Waals surface area contributed by atoms with Gasteiger partial charge in [-0.25, -0.2) is 17.5 Å². The van der Waals surface area contributed by atoms with Crippen molar-refractivity contribution in [2.75, 3.05) is 26.4 Å². The number of carbonyl (C=O) groups is 1.